The monoisotopic (exact) mass is 286 g/mol. The molecule has 0 aromatic heterocycles. The van der Waals surface area contributed by atoms with Gasteiger partial charge < -0.3 is 4.74 Å². The van der Waals surface area contributed by atoms with Crippen LogP contribution in [0.4, 0.5) is 0 Å². The number of rotatable bonds is 2. The van der Waals surface area contributed by atoms with Gasteiger partial charge >= 0.3 is 0 Å². The molecule has 2 aromatic rings. The van der Waals surface area contributed by atoms with E-state index in [-0.39, 0.29) is 5.38 Å². The van der Waals surface area contributed by atoms with Crippen LogP contribution in [0.2, 0.25) is 0 Å². The van der Waals surface area contributed by atoms with E-state index in [1.807, 2.05) is 0 Å². The molecule has 104 valence electrons. The van der Waals surface area contributed by atoms with Crippen LogP contribution in [0.3, 0.4) is 0 Å². The zero-order chi connectivity index (χ0) is 13.5. The number of ether oxygens (including phenoxy) is 1. The first-order valence-electron chi connectivity index (χ1n) is 7.60. The molecule has 0 radical (unpaired) electrons. The van der Waals surface area contributed by atoms with E-state index in [1.165, 1.54) is 46.7 Å². The highest BCUT2D eigenvalue weighted by atomic mass is 35.5. The number of aryl methyl sites for hydroxylation is 2. The average molecular weight is 287 g/mol. The van der Waals surface area contributed by atoms with Crippen LogP contribution in [0.15, 0.2) is 30.3 Å². The first-order valence-corrected chi connectivity index (χ1v) is 8.03. The summed E-state index contributed by atoms with van der Waals surface area (Å²) in [4.78, 5) is 0. The van der Waals surface area contributed by atoms with Crippen LogP contribution in [0.1, 0.15) is 34.9 Å². The summed E-state index contributed by atoms with van der Waals surface area (Å²) in [7, 11) is 0. The first-order chi connectivity index (χ1) is 9.84. The lowest BCUT2D eigenvalue weighted by atomic mass is 9.89. The lowest BCUT2D eigenvalue weighted by Gasteiger charge is -2.27. The van der Waals surface area contributed by atoms with Crippen LogP contribution in [0.25, 0.3) is 10.8 Å². The third-order valence-electron chi connectivity index (χ3n) is 4.82. The number of benzene rings is 2. The fraction of sp³-hybridized carbons (Fsp3) is 0.444. The second-order valence-electron chi connectivity index (χ2n) is 6.03. The smallest absolute Gasteiger partial charge is 0.0641 e. The van der Waals surface area contributed by atoms with E-state index < -0.39 is 0 Å². The normalized spacial score (nSPS) is 23.1. The van der Waals surface area contributed by atoms with Gasteiger partial charge in [0.2, 0.25) is 0 Å². The summed E-state index contributed by atoms with van der Waals surface area (Å²) in [6.07, 6.45) is 4.66. The Hall–Kier alpha value is -1.05. The van der Waals surface area contributed by atoms with Gasteiger partial charge in [-0.05, 0) is 53.1 Å². The molecule has 0 N–H and O–H groups in total. The van der Waals surface area contributed by atoms with Gasteiger partial charge in [0.25, 0.3) is 0 Å². The van der Waals surface area contributed by atoms with Crippen molar-refractivity contribution in [2.75, 3.05) is 13.2 Å². The Morgan fingerprint density at radius 2 is 1.95 bits per heavy atom. The van der Waals surface area contributed by atoms with Crippen molar-refractivity contribution in [3.05, 3.63) is 47.0 Å². The van der Waals surface area contributed by atoms with Crippen LogP contribution in [0, 0.1) is 5.92 Å². The summed E-state index contributed by atoms with van der Waals surface area (Å²) in [5, 5.41) is 2.90. The zero-order valence-corrected chi connectivity index (χ0v) is 12.3. The van der Waals surface area contributed by atoms with Gasteiger partial charge in [-0.15, -0.1) is 11.6 Å². The fourth-order valence-corrected chi connectivity index (χ4v) is 4.15. The first kappa shape index (κ1) is 12.7. The van der Waals surface area contributed by atoms with Crippen LogP contribution < -0.4 is 0 Å². The summed E-state index contributed by atoms with van der Waals surface area (Å²) in [5.41, 5.74) is 4.27. The Kier molecular flexibility index (Phi) is 3.20. The summed E-state index contributed by atoms with van der Waals surface area (Å²) < 4.78 is 5.61. The number of alkyl halides is 1. The van der Waals surface area contributed by atoms with E-state index >= 15 is 0 Å². The summed E-state index contributed by atoms with van der Waals surface area (Å²) >= 11 is 6.81. The molecular formula is C18H19ClO. The molecule has 4 rings (SSSR count). The van der Waals surface area contributed by atoms with Crippen LogP contribution in [0.5, 0.6) is 0 Å². The minimum Gasteiger partial charge on any atom is -0.381 e. The van der Waals surface area contributed by atoms with Crippen molar-refractivity contribution in [1.29, 1.82) is 0 Å². The standard InChI is InChI=1S/C18H19ClO/c19-18(14-4-2-10-20-11-14)16-9-8-13-7-6-12-3-1-5-15(16)17(12)13/h1,3,5,8-9,14,18H,2,4,6-7,10-11H2. The van der Waals surface area contributed by atoms with Gasteiger partial charge in [-0.1, -0.05) is 30.3 Å². The van der Waals surface area contributed by atoms with Gasteiger partial charge in [-0.3, -0.25) is 0 Å². The highest BCUT2D eigenvalue weighted by molar-refractivity contribution is 6.22. The van der Waals surface area contributed by atoms with Gasteiger partial charge in [0, 0.05) is 12.5 Å². The Morgan fingerprint density at radius 1 is 1.10 bits per heavy atom. The zero-order valence-electron chi connectivity index (χ0n) is 11.6. The molecule has 1 saturated heterocycles. The van der Waals surface area contributed by atoms with Gasteiger partial charge in [0.15, 0.2) is 0 Å². The molecule has 0 amide bonds. The molecular weight excluding hydrogens is 268 g/mol. The molecule has 2 aliphatic rings. The molecule has 2 aromatic carbocycles. The minimum absolute atomic E-state index is 0.0696. The molecule has 1 fully saturated rings. The SMILES string of the molecule is ClC(c1ccc2c3c(cccc13)CC2)C1CCCOC1. The highest BCUT2D eigenvalue weighted by Crippen LogP contribution is 2.41. The second kappa shape index (κ2) is 5.05. The fourth-order valence-electron chi connectivity index (χ4n) is 3.76. The summed E-state index contributed by atoms with van der Waals surface area (Å²) in [6.45, 7) is 1.70. The molecule has 2 heteroatoms. The molecule has 1 heterocycles. The Labute approximate surface area is 124 Å². The Morgan fingerprint density at radius 3 is 2.75 bits per heavy atom. The van der Waals surface area contributed by atoms with Crippen LogP contribution in [-0.2, 0) is 17.6 Å². The Bertz CT molecular complexity index is 633. The van der Waals surface area contributed by atoms with Crippen molar-refractivity contribution in [3.8, 4) is 0 Å². The number of hydrogen-bond acceptors (Lipinski definition) is 1. The number of halogens is 1. The van der Waals surface area contributed by atoms with E-state index in [0.717, 1.165) is 19.6 Å². The maximum Gasteiger partial charge on any atom is 0.0641 e. The minimum atomic E-state index is 0.0696. The van der Waals surface area contributed by atoms with Crippen molar-refractivity contribution >= 4 is 22.4 Å². The molecule has 2 atom stereocenters. The lowest BCUT2D eigenvalue weighted by Crippen LogP contribution is -2.21. The quantitative estimate of drug-likeness (QED) is 0.731. The average Bonchev–Trinajstić information content (AvgIpc) is 2.93. The molecule has 0 bridgehead atoms. The summed E-state index contributed by atoms with van der Waals surface area (Å²) in [6, 6.07) is 11.2. The van der Waals surface area contributed by atoms with Crippen LogP contribution in [-0.4, -0.2) is 13.2 Å². The van der Waals surface area contributed by atoms with Gasteiger partial charge in [0.1, 0.15) is 0 Å². The van der Waals surface area contributed by atoms with Gasteiger partial charge in [-0.2, -0.15) is 0 Å². The van der Waals surface area contributed by atoms with Crippen molar-refractivity contribution in [2.24, 2.45) is 5.92 Å². The largest absolute Gasteiger partial charge is 0.381 e. The highest BCUT2D eigenvalue weighted by Gasteiger charge is 2.26. The maximum absolute atomic E-state index is 6.81. The molecule has 1 aliphatic heterocycles. The predicted octanol–water partition coefficient (Wildman–Crippen LogP) is 4.64. The maximum atomic E-state index is 6.81. The second-order valence-corrected chi connectivity index (χ2v) is 6.50. The Balaban J connectivity index is 1.80. The molecule has 2 unspecified atom stereocenters. The van der Waals surface area contributed by atoms with Crippen molar-refractivity contribution in [2.45, 2.75) is 31.1 Å². The molecule has 1 aliphatic carbocycles. The summed E-state index contributed by atoms with van der Waals surface area (Å²) in [5.74, 6) is 0.448. The van der Waals surface area contributed by atoms with Crippen molar-refractivity contribution < 1.29 is 4.74 Å². The van der Waals surface area contributed by atoms with Gasteiger partial charge in [0.05, 0.1) is 12.0 Å². The van der Waals surface area contributed by atoms with Crippen molar-refractivity contribution in [1.82, 2.24) is 0 Å². The molecule has 0 saturated carbocycles. The van der Waals surface area contributed by atoms with E-state index in [4.69, 9.17) is 16.3 Å². The van der Waals surface area contributed by atoms with Crippen LogP contribution >= 0.6 is 11.6 Å². The topological polar surface area (TPSA) is 9.23 Å². The van der Waals surface area contributed by atoms with Crippen molar-refractivity contribution in [3.63, 3.8) is 0 Å². The van der Waals surface area contributed by atoms with Gasteiger partial charge in [-0.25, -0.2) is 0 Å². The molecule has 20 heavy (non-hydrogen) atoms. The third kappa shape index (κ3) is 1.96. The predicted molar refractivity (Wildman–Crippen MR) is 83.5 cm³/mol. The third-order valence-corrected chi connectivity index (χ3v) is 5.41. The molecule has 0 spiro atoms. The van der Waals surface area contributed by atoms with E-state index in [2.05, 4.69) is 30.3 Å². The number of hydrogen-bond donors (Lipinski definition) is 0. The van der Waals surface area contributed by atoms with E-state index in [9.17, 15) is 0 Å². The van der Waals surface area contributed by atoms with E-state index in [1.54, 1.807) is 0 Å². The molecule has 1 nitrogen and oxygen atoms in total. The lowest BCUT2D eigenvalue weighted by molar-refractivity contribution is 0.0533. The van der Waals surface area contributed by atoms with E-state index in [0.29, 0.717) is 5.92 Å².